The molecule has 0 saturated carbocycles. The maximum absolute atomic E-state index is 12.3. The summed E-state index contributed by atoms with van der Waals surface area (Å²) in [6, 6.07) is 17.5. The molecule has 0 fully saturated rings. The Morgan fingerprint density at radius 3 is 2.63 bits per heavy atom. The van der Waals surface area contributed by atoms with Crippen LogP contribution in [0.25, 0.3) is 10.9 Å². The van der Waals surface area contributed by atoms with E-state index in [1.165, 1.54) is 17.3 Å². The molecule has 0 saturated heterocycles. The maximum Gasteiger partial charge on any atom is 0.258 e. The predicted octanol–water partition coefficient (Wildman–Crippen LogP) is 3.50. The molecule has 136 valence electrons. The second kappa shape index (κ2) is 7.36. The summed E-state index contributed by atoms with van der Waals surface area (Å²) in [5.74, 6) is 1.53. The third kappa shape index (κ3) is 3.64. The molecule has 0 aliphatic rings. The lowest BCUT2D eigenvalue weighted by atomic mass is 10.1. The highest BCUT2D eigenvalue weighted by molar-refractivity contribution is 7.99. The number of aromatic nitrogens is 5. The zero-order chi connectivity index (χ0) is 18.8. The van der Waals surface area contributed by atoms with Crippen molar-refractivity contribution < 1.29 is 0 Å². The van der Waals surface area contributed by atoms with E-state index in [4.69, 9.17) is 0 Å². The fourth-order valence-corrected chi connectivity index (χ4v) is 3.78. The molecule has 0 radical (unpaired) electrons. The van der Waals surface area contributed by atoms with Crippen LogP contribution in [0, 0.1) is 0 Å². The zero-order valence-electron chi connectivity index (χ0n) is 15.1. The van der Waals surface area contributed by atoms with Gasteiger partial charge in [-0.05, 0) is 24.6 Å². The van der Waals surface area contributed by atoms with E-state index in [0.29, 0.717) is 16.7 Å². The number of para-hydroxylation sites is 1. The third-order valence-electron chi connectivity index (χ3n) is 4.43. The Morgan fingerprint density at radius 2 is 1.81 bits per heavy atom. The standard InChI is InChI=1S/C20H19N5OS/c1-13(18-21-16-11-7-6-10-15(16)19(26)22-18)27-20-24-23-17(25(20)2)12-14-8-4-3-5-9-14/h3-11,13H,12H2,1-2H3,(H,21,22,26)/t13-/m1/s1. The fourth-order valence-electron chi connectivity index (χ4n) is 2.89. The van der Waals surface area contributed by atoms with Crippen LogP contribution in [-0.4, -0.2) is 24.7 Å². The molecular formula is C20H19N5OS. The normalized spacial score (nSPS) is 12.4. The van der Waals surface area contributed by atoms with E-state index in [1.807, 2.05) is 54.9 Å². The number of benzene rings is 2. The molecule has 0 unspecified atom stereocenters. The SMILES string of the molecule is C[C@@H](Sc1nnc(Cc2ccccc2)n1C)c1nc2ccccc2c(=O)[nH]1. The van der Waals surface area contributed by atoms with Gasteiger partial charge in [0.25, 0.3) is 5.56 Å². The summed E-state index contributed by atoms with van der Waals surface area (Å²) in [7, 11) is 1.96. The van der Waals surface area contributed by atoms with Crippen LogP contribution in [0.1, 0.15) is 29.4 Å². The molecule has 4 aromatic rings. The maximum atomic E-state index is 12.3. The average molecular weight is 377 g/mol. The number of hydrogen-bond acceptors (Lipinski definition) is 5. The van der Waals surface area contributed by atoms with Gasteiger partial charge in [-0.1, -0.05) is 54.2 Å². The van der Waals surface area contributed by atoms with Crippen LogP contribution in [0.3, 0.4) is 0 Å². The van der Waals surface area contributed by atoms with Crippen LogP contribution in [0.4, 0.5) is 0 Å². The van der Waals surface area contributed by atoms with E-state index in [2.05, 4.69) is 32.3 Å². The molecule has 0 bridgehead atoms. The van der Waals surface area contributed by atoms with Crippen molar-refractivity contribution in [3.8, 4) is 0 Å². The second-order valence-electron chi connectivity index (χ2n) is 6.35. The summed E-state index contributed by atoms with van der Waals surface area (Å²) in [5.41, 5.74) is 1.77. The van der Waals surface area contributed by atoms with Gasteiger partial charge in [0.05, 0.1) is 16.2 Å². The molecule has 2 heterocycles. The highest BCUT2D eigenvalue weighted by Crippen LogP contribution is 2.32. The van der Waals surface area contributed by atoms with Crippen LogP contribution in [0.2, 0.25) is 0 Å². The van der Waals surface area contributed by atoms with Crippen LogP contribution in [0.5, 0.6) is 0 Å². The Kier molecular flexibility index (Phi) is 4.77. The van der Waals surface area contributed by atoms with Gasteiger partial charge < -0.3 is 9.55 Å². The first-order valence-corrected chi connectivity index (χ1v) is 9.57. The first kappa shape index (κ1) is 17.5. The van der Waals surface area contributed by atoms with Crippen molar-refractivity contribution in [3.05, 3.63) is 82.2 Å². The smallest absolute Gasteiger partial charge is 0.258 e. The van der Waals surface area contributed by atoms with Gasteiger partial charge in [0.15, 0.2) is 5.16 Å². The molecule has 0 aliphatic carbocycles. The minimum atomic E-state index is -0.120. The van der Waals surface area contributed by atoms with Gasteiger partial charge in [0.2, 0.25) is 0 Å². The predicted molar refractivity (Wildman–Crippen MR) is 107 cm³/mol. The van der Waals surface area contributed by atoms with Gasteiger partial charge in [0.1, 0.15) is 11.6 Å². The Balaban J connectivity index is 1.57. The number of hydrogen-bond donors (Lipinski definition) is 1. The van der Waals surface area contributed by atoms with Gasteiger partial charge in [-0.25, -0.2) is 4.98 Å². The van der Waals surface area contributed by atoms with E-state index in [9.17, 15) is 4.79 Å². The first-order chi connectivity index (χ1) is 13.1. The number of thioether (sulfide) groups is 1. The quantitative estimate of drug-likeness (QED) is 0.539. The van der Waals surface area contributed by atoms with Crippen LogP contribution in [0.15, 0.2) is 64.5 Å². The molecule has 1 N–H and O–H groups in total. The van der Waals surface area contributed by atoms with Crippen molar-refractivity contribution in [2.24, 2.45) is 7.05 Å². The average Bonchev–Trinajstić information content (AvgIpc) is 3.02. The lowest BCUT2D eigenvalue weighted by Crippen LogP contribution is -2.13. The summed E-state index contributed by atoms with van der Waals surface area (Å²) in [5, 5.41) is 9.98. The van der Waals surface area contributed by atoms with Crippen molar-refractivity contribution >= 4 is 22.7 Å². The Bertz CT molecular complexity index is 1140. The van der Waals surface area contributed by atoms with Crippen molar-refractivity contribution in [3.63, 3.8) is 0 Å². The van der Waals surface area contributed by atoms with Crippen molar-refractivity contribution in [2.75, 3.05) is 0 Å². The number of nitrogens with one attached hydrogen (secondary N) is 1. The number of aromatic amines is 1. The number of nitrogens with zero attached hydrogens (tertiary/aromatic N) is 4. The minimum absolute atomic E-state index is 0.0604. The first-order valence-electron chi connectivity index (χ1n) is 8.69. The van der Waals surface area contributed by atoms with Gasteiger partial charge in [-0.3, -0.25) is 4.79 Å². The Labute approximate surface area is 160 Å². The van der Waals surface area contributed by atoms with Crippen molar-refractivity contribution in [1.29, 1.82) is 0 Å². The van der Waals surface area contributed by atoms with E-state index in [-0.39, 0.29) is 10.8 Å². The fraction of sp³-hybridized carbons (Fsp3) is 0.200. The highest BCUT2D eigenvalue weighted by atomic mass is 32.2. The summed E-state index contributed by atoms with van der Waals surface area (Å²) >= 11 is 1.53. The third-order valence-corrected chi connectivity index (χ3v) is 5.57. The zero-order valence-corrected chi connectivity index (χ0v) is 15.9. The molecule has 1 atom stereocenters. The minimum Gasteiger partial charge on any atom is -0.309 e. The molecule has 27 heavy (non-hydrogen) atoms. The molecule has 4 rings (SSSR count). The van der Waals surface area contributed by atoms with Crippen molar-refractivity contribution in [2.45, 2.75) is 23.8 Å². The number of H-pyrrole nitrogens is 1. The second-order valence-corrected chi connectivity index (χ2v) is 7.66. The lowest BCUT2D eigenvalue weighted by Gasteiger charge is -2.11. The molecule has 2 aromatic carbocycles. The van der Waals surface area contributed by atoms with Crippen LogP contribution in [-0.2, 0) is 13.5 Å². The van der Waals surface area contributed by atoms with Gasteiger partial charge in [0, 0.05) is 13.5 Å². The van der Waals surface area contributed by atoms with E-state index < -0.39 is 0 Å². The molecule has 6 nitrogen and oxygen atoms in total. The number of fused-ring (bicyclic) bond motifs is 1. The largest absolute Gasteiger partial charge is 0.309 e. The molecule has 7 heteroatoms. The van der Waals surface area contributed by atoms with Gasteiger partial charge >= 0.3 is 0 Å². The van der Waals surface area contributed by atoms with E-state index >= 15 is 0 Å². The summed E-state index contributed by atoms with van der Waals surface area (Å²) in [6.07, 6.45) is 0.727. The van der Waals surface area contributed by atoms with Gasteiger partial charge in [-0.2, -0.15) is 0 Å². The van der Waals surface area contributed by atoms with Gasteiger partial charge in [-0.15, -0.1) is 10.2 Å². The van der Waals surface area contributed by atoms with E-state index in [1.54, 1.807) is 6.07 Å². The Hall–Kier alpha value is -2.93. The van der Waals surface area contributed by atoms with Crippen LogP contribution < -0.4 is 5.56 Å². The number of rotatable bonds is 5. The summed E-state index contributed by atoms with van der Waals surface area (Å²) < 4.78 is 1.99. The molecule has 0 aliphatic heterocycles. The lowest BCUT2D eigenvalue weighted by molar-refractivity contribution is 0.745. The van der Waals surface area contributed by atoms with E-state index in [0.717, 1.165) is 17.4 Å². The summed E-state index contributed by atoms with van der Waals surface area (Å²) in [4.78, 5) is 19.8. The van der Waals surface area contributed by atoms with Crippen LogP contribution >= 0.6 is 11.8 Å². The molecule has 0 amide bonds. The summed E-state index contributed by atoms with van der Waals surface area (Å²) in [6.45, 7) is 2.00. The highest BCUT2D eigenvalue weighted by Gasteiger charge is 2.17. The van der Waals surface area contributed by atoms with Crippen molar-refractivity contribution in [1.82, 2.24) is 24.7 Å². The Morgan fingerprint density at radius 1 is 1.07 bits per heavy atom. The molecule has 2 aromatic heterocycles. The molecular weight excluding hydrogens is 358 g/mol. The monoisotopic (exact) mass is 377 g/mol. The topological polar surface area (TPSA) is 76.5 Å². The molecule has 0 spiro atoms.